The zero-order valence-electron chi connectivity index (χ0n) is 9.63. The molecule has 1 aliphatic heterocycles. The molecule has 0 aromatic heterocycles. The van der Waals surface area contributed by atoms with Gasteiger partial charge in [0.1, 0.15) is 5.71 Å². The Hall–Kier alpha value is -1.17. The molecular weight excluding hydrogens is 317 g/mol. The molecule has 0 saturated carbocycles. The SMILES string of the molecule is [C-]#[N+]/N=C(\C)C1=CCC(C(C)=NC#N)=N1.[Cl][Fe][Cl]. The topological polar surface area (TPSA) is 65.2 Å². The quantitative estimate of drug-likeness (QED) is 0.252. The number of allylic oxidation sites excluding steroid dienone is 2. The van der Waals surface area contributed by atoms with Crippen LogP contribution in [0.5, 0.6) is 0 Å². The van der Waals surface area contributed by atoms with E-state index in [1.54, 1.807) is 20.0 Å². The van der Waals surface area contributed by atoms with E-state index in [0.29, 0.717) is 23.5 Å². The van der Waals surface area contributed by atoms with E-state index in [-0.39, 0.29) is 13.1 Å². The van der Waals surface area contributed by atoms with Crippen LogP contribution < -0.4 is 0 Å². The van der Waals surface area contributed by atoms with E-state index < -0.39 is 0 Å². The third-order valence-corrected chi connectivity index (χ3v) is 1.95. The molecule has 0 fully saturated rings. The van der Waals surface area contributed by atoms with Crippen LogP contribution in [0.15, 0.2) is 26.9 Å². The van der Waals surface area contributed by atoms with Gasteiger partial charge in [0, 0.05) is 6.42 Å². The summed E-state index contributed by atoms with van der Waals surface area (Å²) in [4.78, 5) is 10.8. The van der Waals surface area contributed by atoms with Gasteiger partial charge >= 0.3 is 33.3 Å². The fourth-order valence-corrected chi connectivity index (χ4v) is 1.15. The summed E-state index contributed by atoms with van der Waals surface area (Å²) in [5.41, 5.74) is 2.64. The normalized spacial score (nSPS) is 15.0. The first-order valence-corrected chi connectivity index (χ1v) is 7.62. The molecule has 1 heterocycles. The fraction of sp³-hybridized carbons (Fsp3) is 0.300. The molecule has 96 valence electrons. The molecule has 0 aromatic carbocycles. The summed E-state index contributed by atoms with van der Waals surface area (Å²) in [7, 11) is 9.53. The number of halogens is 2. The molecule has 0 aliphatic carbocycles. The van der Waals surface area contributed by atoms with E-state index in [1.807, 2.05) is 6.08 Å². The van der Waals surface area contributed by atoms with Crippen LogP contribution in [-0.2, 0) is 13.1 Å². The van der Waals surface area contributed by atoms with Gasteiger partial charge in [-0.15, -0.1) is 4.95 Å². The Kier molecular flexibility index (Phi) is 9.18. The van der Waals surface area contributed by atoms with Gasteiger partial charge < -0.3 is 0 Å². The summed E-state index contributed by atoms with van der Waals surface area (Å²) in [6.45, 7) is 10.1. The summed E-state index contributed by atoms with van der Waals surface area (Å²) in [5.74, 6) is 0. The van der Waals surface area contributed by atoms with Gasteiger partial charge in [0.2, 0.25) is 6.19 Å². The molecule has 0 spiro atoms. The number of aliphatic imine (C=N–C) groups is 2. The summed E-state index contributed by atoms with van der Waals surface area (Å²) < 4.78 is 0. The van der Waals surface area contributed by atoms with Gasteiger partial charge in [0.15, 0.2) is 0 Å². The maximum absolute atomic E-state index is 8.38. The Labute approximate surface area is 120 Å². The Morgan fingerprint density at radius 1 is 1.56 bits per heavy atom. The van der Waals surface area contributed by atoms with E-state index in [4.69, 9.17) is 32.0 Å². The van der Waals surface area contributed by atoms with Crippen LogP contribution in [0.25, 0.3) is 4.95 Å². The van der Waals surface area contributed by atoms with Crippen molar-refractivity contribution < 1.29 is 13.1 Å². The van der Waals surface area contributed by atoms with E-state index >= 15 is 0 Å². The van der Waals surface area contributed by atoms with Gasteiger partial charge in [0.05, 0.1) is 22.2 Å². The molecular formula is C10H9Cl2FeN5. The Morgan fingerprint density at radius 3 is 2.67 bits per heavy atom. The van der Waals surface area contributed by atoms with Gasteiger partial charge in [0.25, 0.3) is 0 Å². The molecule has 8 heteroatoms. The summed E-state index contributed by atoms with van der Waals surface area (Å²) >= 11 is 0.194. The van der Waals surface area contributed by atoms with Crippen molar-refractivity contribution in [1.82, 2.24) is 0 Å². The number of hydrogen-bond donors (Lipinski definition) is 0. The van der Waals surface area contributed by atoms with Gasteiger partial charge in [-0.25, -0.2) is 4.99 Å². The molecule has 0 radical (unpaired) electrons. The molecule has 18 heavy (non-hydrogen) atoms. The molecule has 1 rings (SSSR count). The van der Waals surface area contributed by atoms with Crippen molar-refractivity contribution in [1.29, 1.82) is 5.26 Å². The van der Waals surface area contributed by atoms with E-state index in [2.05, 4.69) is 20.0 Å². The number of nitrogens with zero attached hydrogens (tertiary/aromatic N) is 5. The van der Waals surface area contributed by atoms with E-state index in [9.17, 15) is 0 Å². The van der Waals surface area contributed by atoms with Crippen molar-refractivity contribution in [3.63, 3.8) is 0 Å². The monoisotopic (exact) mass is 325 g/mol. The molecule has 0 bridgehead atoms. The van der Waals surface area contributed by atoms with Gasteiger partial charge in [-0.05, 0) is 13.8 Å². The molecule has 0 atom stereocenters. The third kappa shape index (κ3) is 5.95. The molecule has 1 aliphatic rings. The standard InChI is InChI=1S/C10H9N5.2ClH.Fe/c1-7(13-6-11)9-4-5-10(14-9)8(2)15-12-3;;;/h5H,4H2,1-2H3;2*1H;/q;;;+2/p-2/b13-7?,15-8+;;;. The van der Waals surface area contributed by atoms with Gasteiger partial charge in [-0.1, -0.05) is 6.08 Å². The van der Waals surface area contributed by atoms with E-state index in [1.165, 1.54) is 0 Å². The molecule has 5 nitrogen and oxygen atoms in total. The van der Waals surface area contributed by atoms with Crippen molar-refractivity contribution in [2.75, 3.05) is 0 Å². The molecule has 0 N–H and O–H groups in total. The van der Waals surface area contributed by atoms with Crippen LogP contribution in [-0.4, -0.2) is 17.1 Å². The number of rotatable bonds is 2. The average molecular weight is 326 g/mol. The first kappa shape index (κ1) is 16.8. The van der Waals surface area contributed by atoms with E-state index in [0.717, 1.165) is 5.71 Å². The van der Waals surface area contributed by atoms with Gasteiger partial charge in [-0.3, -0.25) is 0 Å². The molecule has 0 unspecified atom stereocenters. The molecule has 0 aromatic rings. The van der Waals surface area contributed by atoms with Crippen LogP contribution >= 0.6 is 20.2 Å². The van der Waals surface area contributed by atoms with Gasteiger partial charge in [-0.2, -0.15) is 16.8 Å². The van der Waals surface area contributed by atoms with Crippen molar-refractivity contribution in [3.05, 3.63) is 23.3 Å². The van der Waals surface area contributed by atoms with Crippen LogP contribution in [0, 0.1) is 18.0 Å². The molecule has 0 amide bonds. The van der Waals surface area contributed by atoms with Crippen LogP contribution in [0.3, 0.4) is 0 Å². The molecule has 0 saturated heterocycles. The van der Waals surface area contributed by atoms with Crippen molar-refractivity contribution in [3.8, 4) is 6.19 Å². The van der Waals surface area contributed by atoms with Crippen molar-refractivity contribution >= 4 is 37.3 Å². The van der Waals surface area contributed by atoms with Crippen LogP contribution in [0.1, 0.15) is 20.3 Å². The zero-order chi connectivity index (χ0) is 14.0. The second kappa shape index (κ2) is 9.82. The second-order valence-corrected chi connectivity index (χ2v) is 4.81. The predicted molar refractivity (Wildman–Crippen MR) is 70.3 cm³/mol. The second-order valence-electron chi connectivity index (χ2n) is 2.99. The first-order chi connectivity index (χ1) is 8.60. The first-order valence-electron chi connectivity index (χ1n) is 4.58. The summed E-state index contributed by atoms with van der Waals surface area (Å²) in [5, 5.41) is 12.0. The Bertz CT molecular complexity index is 493. The Morgan fingerprint density at radius 2 is 2.17 bits per heavy atom. The summed E-state index contributed by atoms with van der Waals surface area (Å²) in [6.07, 6.45) is 4.23. The van der Waals surface area contributed by atoms with Crippen molar-refractivity contribution in [2.24, 2.45) is 15.1 Å². The minimum atomic E-state index is 0.194. The van der Waals surface area contributed by atoms with Crippen LogP contribution in [0.2, 0.25) is 0 Å². The van der Waals surface area contributed by atoms with Crippen molar-refractivity contribution in [2.45, 2.75) is 20.3 Å². The number of hydrogen-bond acceptors (Lipinski definition) is 4. The minimum absolute atomic E-state index is 0.194. The zero-order valence-corrected chi connectivity index (χ0v) is 12.2. The summed E-state index contributed by atoms with van der Waals surface area (Å²) in [6, 6.07) is 0. The third-order valence-electron chi connectivity index (χ3n) is 1.95. The Balaban J connectivity index is 0.000000873. The maximum atomic E-state index is 8.38. The number of nitriles is 1. The van der Waals surface area contributed by atoms with Crippen LogP contribution in [0.4, 0.5) is 0 Å². The average Bonchev–Trinajstić information content (AvgIpc) is 2.80. The predicted octanol–water partition coefficient (Wildman–Crippen LogP) is 3.33. The fourth-order valence-electron chi connectivity index (χ4n) is 1.15.